The molecule has 3 rings (SSSR count). The molecule has 1 atom stereocenters. The summed E-state index contributed by atoms with van der Waals surface area (Å²) in [7, 11) is 0. The number of benzene rings is 1. The van der Waals surface area contributed by atoms with Crippen LogP contribution in [0.4, 0.5) is 10.1 Å². The third-order valence-electron chi connectivity index (χ3n) is 2.93. The molecule has 1 aromatic carbocycles. The Hall–Kier alpha value is -1.68. The Labute approximate surface area is 102 Å². The summed E-state index contributed by atoms with van der Waals surface area (Å²) in [5.74, 6) is -0.286. The van der Waals surface area contributed by atoms with Crippen molar-refractivity contribution < 1.29 is 9.18 Å². The number of carbonyl (C=O) groups is 1. The van der Waals surface area contributed by atoms with Gasteiger partial charge in [0.15, 0.2) is 0 Å². The van der Waals surface area contributed by atoms with Gasteiger partial charge in [0, 0.05) is 17.2 Å². The van der Waals surface area contributed by atoms with Gasteiger partial charge in [0.05, 0.1) is 5.69 Å². The number of hydrogen-bond donors (Lipinski definition) is 1. The first-order chi connectivity index (χ1) is 8.24. The van der Waals surface area contributed by atoms with E-state index in [2.05, 4.69) is 5.32 Å². The topological polar surface area (TPSA) is 29.1 Å². The Kier molecular flexibility index (Phi) is 2.44. The highest BCUT2D eigenvalue weighted by atomic mass is 32.1. The molecule has 0 radical (unpaired) electrons. The van der Waals surface area contributed by atoms with Gasteiger partial charge in [-0.1, -0.05) is 12.1 Å². The van der Waals surface area contributed by atoms with Crippen molar-refractivity contribution in [1.29, 1.82) is 0 Å². The maximum Gasteiger partial charge on any atom is 0.225 e. The zero-order chi connectivity index (χ0) is 11.8. The molecule has 17 heavy (non-hydrogen) atoms. The summed E-state index contributed by atoms with van der Waals surface area (Å²) in [5.41, 5.74) is 1.73. The molecular formula is C13H10FNOS. The molecule has 1 aliphatic rings. The molecule has 1 aliphatic heterocycles. The summed E-state index contributed by atoms with van der Waals surface area (Å²) in [5, 5.41) is 4.78. The minimum absolute atomic E-state index is 0.00911. The maximum atomic E-state index is 13.2. The van der Waals surface area contributed by atoms with Gasteiger partial charge >= 0.3 is 0 Å². The molecule has 0 aliphatic carbocycles. The van der Waals surface area contributed by atoms with Gasteiger partial charge in [-0.15, -0.1) is 11.3 Å². The lowest BCUT2D eigenvalue weighted by molar-refractivity contribution is -0.116. The van der Waals surface area contributed by atoms with Crippen LogP contribution in [-0.2, 0) is 4.79 Å². The van der Waals surface area contributed by atoms with Gasteiger partial charge in [0.1, 0.15) is 5.82 Å². The predicted molar refractivity (Wildman–Crippen MR) is 65.8 cm³/mol. The van der Waals surface area contributed by atoms with E-state index < -0.39 is 0 Å². The predicted octanol–water partition coefficient (Wildman–Crippen LogP) is 3.36. The fourth-order valence-corrected chi connectivity index (χ4v) is 3.15. The number of fused-ring (bicyclic) bond motifs is 1. The van der Waals surface area contributed by atoms with Gasteiger partial charge in [0.2, 0.25) is 5.91 Å². The van der Waals surface area contributed by atoms with Crippen LogP contribution in [0.2, 0.25) is 0 Å². The Morgan fingerprint density at radius 2 is 2.24 bits per heavy atom. The summed E-state index contributed by atoms with van der Waals surface area (Å²) in [6.07, 6.45) is 0.386. The van der Waals surface area contributed by atoms with Gasteiger partial charge in [-0.3, -0.25) is 4.79 Å². The second-order valence-electron chi connectivity index (χ2n) is 4.06. The minimum Gasteiger partial charge on any atom is -0.325 e. The number of carbonyl (C=O) groups excluding carboxylic acids is 1. The summed E-state index contributed by atoms with van der Waals surface area (Å²) in [4.78, 5) is 12.7. The second-order valence-corrected chi connectivity index (χ2v) is 5.01. The van der Waals surface area contributed by atoms with Gasteiger partial charge in [0.25, 0.3) is 0 Å². The number of rotatable bonds is 1. The van der Waals surface area contributed by atoms with E-state index in [9.17, 15) is 9.18 Å². The zero-order valence-corrected chi connectivity index (χ0v) is 9.76. The Morgan fingerprint density at radius 1 is 1.35 bits per heavy atom. The molecule has 0 fully saturated rings. The molecule has 1 amide bonds. The van der Waals surface area contributed by atoms with E-state index in [1.165, 1.54) is 12.1 Å². The lowest BCUT2D eigenvalue weighted by Gasteiger charge is -2.22. The molecule has 1 aromatic heterocycles. The highest BCUT2D eigenvalue weighted by molar-refractivity contribution is 7.10. The van der Waals surface area contributed by atoms with Crippen molar-refractivity contribution >= 4 is 22.9 Å². The van der Waals surface area contributed by atoms with Crippen molar-refractivity contribution in [2.24, 2.45) is 0 Å². The molecule has 86 valence electrons. The normalized spacial score (nSPS) is 18.6. The lowest BCUT2D eigenvalue weighted by Crippen LogP contribution is -2.21. The van der Waals surface area contributed by atoms with Gasteiger partial charge in [-0.05, 0) is 29.1 Å². The highest BCUT2D eigenvalue weighted by Crippen LogP contribution is 2.40. The van der Waals surface area contributed by atoms with Crippen molar-refractivity contribution in [3.63, 3.8) is 0 Å². The monoisotopic (exact) mass is 247 g/mol. The van der Waals surface area contributed by atoms with E-state index in [0.29, 0.717) is 6.42 Å². The van der Waals surface area contributed by atoms with Crippen LogP contribution in [0.25, 0.3) is 0 Å². The standard InChI is InChI=1S/C13H10FNOS/c14-9-3-1-2-8(6-9)10-7-12(16)15-11-4-5-17-13(10)11/h1-6,10H,7H2,(H,15,16). The third kappa shape index (κ3) is 1.85. The van der Waals surface area contributed by atoms with Crippen LogP contribution in [0.15, 0.2) is 35.7 Å². The molecule has 0 saturated heterocycles. The summed E-state index contributed by atoms with van der Waals surface area (Å²) < 4.78 is 13.2. The van der Waals surface area contributed by atoms with E-state index in [4.69, 9.17) is 0 Å². The molecule has 0 spiro atoms. The van der Waals surface area contributed by atoms with Gasteiger partial charge in [-0.25, -0.2) is 4.39 Å². The van der Waals surface area contributed by atoms with E-state index in [0.717, 1.165) is 16.1 Å². The number of amides is 1. The average Bonchev–Trinajstić information content (AvgIpc) is 2.75. The van der Waals surface area contributed by atoms with Crippen molar-refractivity contribution in [1.82, 2.24) is 0 Å². The fourth-order valence-electron chi connectivity index (χ4n) is 2.17. The molecule has 0 saturated carbocycles. The maximum absolute atomic E-state index is 13.2. The zero-order valence-electron chi connectivity index (χ0n) is 8.94. The Bertz CT molecular complexity index is 578. The molecular weight excluding hydrogens is 237 g/mol. The van der Waals surface area contributed by atoms with E-state index in [1.807, 2.05) is 17.5 Å². The number of anilines is 1. The summed E-state index contributed by atoms with van der Waals surface area (Å²) in [6, 6.07) is 8.37. The van der Waals surface area contributed by atoms with Crippen molar-refractivity contribution in [3.05, 3.63) is 52.0 Å². The van der Waals surface area contributed by atoms with Crippen LogP contribution in [0.5, 0.6) is 0 Å². The van der Waals surface area contributed by atoms with Crippen LogP contribution < -0.4 is 5.32 Å². The molecule has 2 aromatic rings. The first-order valence-corrected chi connectivity index (χ1v) is 6.25. The SMILES string of the molecule is O=C1CC(c2cccc(F)c2)c2sccc2N1. The van der Waals surface area contributed by atoms with Crippen LogP contribution in [0, 0.1) is 5.82 Å². The van der Waals surface area contributed by atoms with Crippen LogP contribution in [0.3, 0.4) is 0 Å². The molecule has 2 nitrogen and oxygen atoms in total. The number of nitrogens with one attached hydrogen (secondary N) is 1. The second kappa shape index (κ2) is 3.96. The average molecular weight is 247 g/mol. The van der Waals surface area contributed by atoms with Crippen molar-refractivity contribution in [2.45, 2.75) is 12.3 Å². The number of halogens is 1. The van der Waals surface area contributed by atoms with Crippen LogP contribution >= 0.6 is 11.3 Å². The quantitative estimate of drug-likeness (QED) is 0.822. The first-order valence-electron chi connectivity index (χ1n) is 5.37. The summed E-state index contributed by atoms with van der Waals surface area (Å²) in [6.45, 7) is 0. The van der Waals surface area contributed by atoms with Gasteiger partial charge < -0.3 is 5.32 Å². The third-order valence-corrected chi connectivity index (χ3v) is 3.96. The number of hydrogen-bond acceptors (Lipinski definition) is 2. The van der Waals surface area contributed by atoms with E-state index in [1.54, 1.807) is 17.4 Å². The van der Waals surface area contributed by atoms with Crippen molar-refractivity contribution in [2.75, 3.05) is 5.32 Å². The molecule has 1 N–H and O–H groups in total. The van der Waals surface area contributed by atoms with E-state index in [-0.39, 0.29) is 17.6 Å². The smallest absolute Gasteiger partial charge is 0.225 e. The minimum atomic E-state index is -0.258. The highest BCUT2D eigenvalue weighted by Gasteiger charge is 2.27. The lowest BCUT2D eigenvalue weighted by atomic mass is 9.91. The Balaban J connectivity index is 2.08. The van der Waals surface area contributed by atoms with Crippen LogP contribution in [-0.4, -0.2) is 5.91 Å². The summed E-state index contributed by atoms with van der Waals surface area (Å²) >= 11 is 1.60. The molecule has 0 bridgehead atoms. The molecule has 4 heteroatoms. The molecule has 2 heterocycles. The Morgan fingerprint density at radius 3 is 3.06 bits per heavy atom. The number of thiophene rings is 1. The molecule has 1 unspecified atom stereocenters. The van der Waals surface area contributed by atoms with Crippen LogP contribution in [0.1, 0.15) is 22.8 Å². The van der Waals surface area contributed by atoms with Gasteiger partial charge in [-0.2, -0.15) is 0 Å². The van der Waals surface area contributed by atoms with Crippen molar-refractivity contribution in [3.8, 4) is 0 Å². The fraction of sp³-hybridized carbons (Fsp3) is 0.154. The largest absolute Gasteiger partial charge is 0.325 e. The van der Waals surface area contributed by atoms with E-state index >= 15 is 0 Å². The first kappa shape index (κ1) is 10.5.